The fraction of sp³-hybridized carbons (Fsp3) is 0.412. The van der Waals surface area contributed by atoms with Crippen LogP contribution in [0.5, 0.6) is 0 Å². The summed E-state index contributed by atoms with van der Waals surface area (Å²) in [5, 5.41) is 9.23. The maximum atomic E-state index is 13.1. The van der Waals surface area contributed by atoms with Gasteiger partial charge in [0.25, 0.3) is 5.91 Å². The molecule has 128 valence electrons. The Morgan fingerprint density at radius 2 is 2.16 bits per heavy atom. The molecule has 0 aliphatic carbocycles. The van der Waals surface area contributed by atoms with Crippen molar-refractivity contribution in [2.75, 3.05) is 0 Å². The summed E-state index contributed by atoms with van der Waals surface area (Å²) in [5.74, 6) is -0.0968. The van der Waals surface area contributed by atoms with Crippen LogP contribution in [0, 0.1) is 6.92 Å². The maximum Gasteiger partial charge on any atom is 0.276 e. The summed E-state index contributed by atoms with van der Waals surface area (Å²) in [5.41, 5.74) is 4.40. The quantitative estimate of drug-likeness (QED) is 0.671. The van der Waals surface area contributed by atoms with Gasteiger partial charge in [0.1, 0.15) is 0 Å². The summed E-state index contributed by atoms with van der Waals surface area (Å²) < 4.78 is 3.51. The van der Waals surface area contributed by atoms with Crippen LogP contribution in [0.2, 0.25) is 5.02 Å². The predicted octanol–water partition coefficient (Wildman–Crippen LogP) is 2.33. The fourth-order valence-electron chi connectivity index (χ4n) is 4.24. The Labute approximate surface area is 149 Å². The maximum absolute atomic E-state index is 13.1. The van der Waals surface area contributed by atoms with E-state index < -0.39 is 0 Å². The van der Waals surface area contributed by atoms with Crippen LogP contribution in [-0.4, -0.2) is 41.2 Å². The van der Waals surface area contributed by atoms with E-state index in [4.69, 9.17) is 11.6 Å². The van der Waals surface area contributed by atoms with Crippen LogP contribution in [-0.2, 0) is 13.5 Å². The van der Waals surface area contributed by atoms with Gasteiger partial charge in [-0.2, -0.15) is 10.2 Å². The van der Waals surface area contributed by atoms with Crippen molar-refractivity contribution >= 4 is 23.2 Å². The molecule has 2 bridgehead atoms. The van der Waals surface area contributed by atoms with Gasteiger partial charge in [0, 0.05) is 43.5 Å². The highest BCUT2D eigenvalue weighted by Gasteiger charge is 2.45. The van der Waals surface area contributed by atoms with E-state index in [0.717, 1.165) is 36.2 Å². The Hall–Kier alpha value is -2.41. The molecule has 3 aromatic rings. The lowest BCUT2D eigenvalue weighted by atomic mass is 9.98. The van der Waals surface area contributed by atoms with Crippen molar-refractivity contribution < 1.29 is 4.79 Å². The summed E-state index contributed by atoms with van der Waals surface area (Å²) in [7, 11) is 1.77. The zero-order valence-corrected chi connectivity index (χ0v) is 14.7. The van der Waals surface area contributed by atoms with Gasteiger partial charge in [-0.3, -0.25) is 9.48 Å². The standard InChI is InChI=1S/C17H17ClN6O/c1-9-5-15-19-7-11-13-4-3-10(6-14(11)24(15)20-9)23(13)17(25)16-12(18)8-22(2)21-16/h5,7-8,10,13H,3-4,6H2,1-2H3/t10-,13+/m0/s1. The highest BCUT2D eigenvalue weighted by atomic mass is 35.5. The number of hydrogen-bond donors (Lipinski definition) is 0. The molecule has 1 amide bonds. The molecule has 8 heteroatoms. The molecule has 3 aromatic heterocycles. The average Bonchev–Trinajstić information content (AvgIpc) is 3.21. The molecule has 0 spiro atoms. The molecule has 25 heavy (non-hydrogen) atoms. The molecule has 2 atom stereocenters. The topological polar surface area (TPSA) is 68.3 Å². The SMILES string of the molecule is Cc1cc2ncc3c(n2n1)C[C@@H]1CC[C@H]3N1C(=O)c1nn(C)cc1Cl. The highest BCUT2D eigenvalue weighted by molar-refractivity contribution is 6.33. The average molecular weight is 357 g/mol. The Morgan fingerprint density at radius 1 is 1.32 bits per heavy atom. The van der Waals surface area contributed by atoms with Gasteiger partial charge in [0.05, 0.1) is 22.5 Å². The summed E-state index contributed by atoms with van der Waals surface area (Å²) in [6, 6.07) is 2.15. The first-order valence-electron chi connectivity index (χ1n) is 8.39. The molecule has 7 nitrogen and oxygen atoms in total. The molecule has 0 saturated carbocycles. The second-order valence-corrected chi connectivity index (χ2v) is 7.29. The third kappa shape index (κ3) is 2.05. The number of carbonyl (C=O) groups excluding carboxylic acids is 1. The van der Waals surface area contributed by atoms with Crippen LogP contribution in [0.4, 0.5) is 0 Å². The number of aromatic nitrogens is 5. The molecule has 0 N–H and O–H groups in total. The van der Waals surface area contributed by atoms with E-state index in [1.165, 1.54) is 5.69 Å². The van der Waals surface area contributed by atoms with Crippen molar-refractivity contribution in [3.8, 4) is 0 Å². The number of halogens is 1. The monoisotopic (exact) mass is 356 g/mol. The Balaban J connectivity index is 1.60. The van der Waals surface area contributed by atoms with Crippen molar-refractivity contribution in [1.29, 1.82) is 0 Å². The number of rotatable bonds is 1. The molecular formula is C17H17ClN6O. The van der Waals surface area contributed by atoms with Gasteiger partial charge < -0.3 is 4.90 Å². The lowest BCUT2D eigenvalue weighted by Crippen LogP contribution is -2.43. The van der Waals surface area contributed by atoms with Gasteiger partial charge in [0.2, 0.25) is 0 Å². The van der Waals surface area contributed by atoms with Crippen LogP contribution in [0.25, 0.3) is 5.65 Å². The van der Waals surface area contributed by atoms with E-state index >= 15 is 0 Å². The Morgan fingerprint density at radius 3 is 2.92 bits per heavy atom. The highest BCUT2D eigenvalue weighted by Crippen LogP contribution is 2.44. The third-order valence-electron chi connectivity index (χ3n) is 5.25. The van der Waals surface area contributed by atoms with Crippen LogP contribution < -0.4 is 0 Å². The van der Waals surface area contributed by atoms with E-state index in [1.807, 2.05) is 28.6 Å². The van der Waals surface area contributed by atoms with Crippen molar-refractivity contribution in [2.24, 2.45) is 7.05 Å². The van der Waals surface area contributed by atoms with Crippen LogP contribution >= 0.6 is 11.6 Å². The van der Waals surface area contributed by atoms with Crippen LogP contribution in [0.3, 0.4) is 0 Å². The zero-order chi connectivity index (χ0) is 17.3. The van der Waals surface area contributed by atoms with E-state index in [2.05, 4.69) is 15.2 Å². The molecule has 2 aliphatic heterocycles. The van der Waals surface area contributed by atoms with Crippen molar-refractivity contribution in [1.82, 2.24) is 29.3 Å². The summed E-state index contributed by atoms with van der Waals surface area (Å²) >= 11 is 6.20. The summed E-state index contributed by atoms with van der Waals surface area (Å²) in [4.78, 5) is 19.6. The fourth-order valence-corrected chi connectivity index (χ4v) is 4.50. The minimum Gasteiger partial charge on any atom is -0.327 e. The van der Waals surface area contributed by atoms with E-state index in [-0.39, 0.29) is 18.0 Å². The Bertz CT molecular complexity index is 1020. The number of aryl methyl sites for hydroxylation is 2. The lowest BCUT2D eigenvalue weighted by Gasteiger charge is -2.35. The molecular weight excluding hydrogens is 340 g/mol. The molecule has 5 rings (SSSR count). The summed E-state index contributed by atoms with van der Waals surface area (Å²) in [6.45, 7) is 1.97. The van der Waals surface area contributed by atoms with E-state index in [9.17, 15) is 4.79 Å². The van der Waals surface area contributed by atoms with Crippen molar-refractivity contribution in [2.45, 2.75) is 38.3 Å². The number of nitrogens with zero attached hydrogens (tertiary/aromatic N) is 6. The molecule has 2 aliphatic rings. The minimum atomic E-state index is -0.0968. The normalized spacial score (nSPS) is 21.8. The van der Waals surface area contributed by atoms with Gasteiger partial charge in [-0.1, -0.05) is 11.6 Å². The Kier molecular flexibility index (Phi) is 3.01. The largest absolute Gasteiger partial charge is 0.327 e. The van der Waals surface area contributed by atoms with E-state index in [0.29, 0.717) is 10.7 Å². The van der Waals surface area contributed by atoms with Gasteiger partial charge >= 0.3 is 0 Å². The summed E-state index contributed by atoms with van der Waals surface area (Å²) in [6.07, 6.45) is 6.24. The van der Waals surface area contributed by atoms with Crippen molar-refractivity contribution in [3.05, 3.63) is 46.1 Å². The second-order valence-electron chi connectivity index (χ2n) is 6.88. The number of carbonyl (C=O) groups is 1. The van der Waals surface area contributed by atoms with E-state index in [1.54, 1.807) is 17.9 Å². The first kappa shape index (κ1) is 14.9. The first-order chi connectivity index (χ1) is 12.0. The predicted molar refractivity (Wildman–Crippen MR) is 91.6 cm³/mol. The van der Waals surface area contributed by atoms with Gasteiger partial charge in [-0.15, -0.1) is 0 Å². The lowest BCUT2D eigenvalue weighted by molar-refractivity contribution is 0.0636. The molecule has 5 heterocycles. The molecule has 0 aromatic carbocycles. The zero-order valence-electron chi connectivity index (χ0n) is 14.0. The van der Waals surface area contributed by atoms with Crippen molar-refractivity contribution in [3.63, 3.8) is 0 Å². The van der Waals surface area contributed by atoms with Gasteiger partial charge in [-0.25, -0.2) is 9.50 Å². The molecule has 0 radical (unpaired) electrons. The van der Waals surface area contributed by atoms with Gasteiger partial charge in [0.15, 0.2) is 11.3 Å². The smallest absolute Gasteiger partial charge is 0.276 e. The second kappa shape index (κ2) is 5.05. The third-order valence-corrected chi connectivity index (χ3v) is 5.53. The van der Waals surface area contributed by atoms with Crippen LogP contribution in [0.15, 0.2) is 18.5 Å². The molecule has 0 unspecified atom stereocenters. The first-order valence-corrected chi connectivity index (χ1v) is 8.76. The molecule has 1 saturated heterocycles. The molecule has 1 fully saturated rings. The minimum absolute atomic E-state index is 0.0146. The number of amides is 1. The number of fused-ring (bicyclic) bond motifs is 6. The van der Waals surface area contributed by atoms with Gasteiger partial charge in [-0.05, 0) is 19.8 Å². The number of hydrogen-bond acceptors (Lipinski definition) is 4. The van der Waals surface area contributed by atoms with Crippen LogP contribution in [0.1, 0.15) is 46.3 Å².